The molecule has 0 aromatic heterocycles. The van der Waals surface area contributed by atoms with Crippen molar-refractivity contribution in [1.82, 2.24) is 0 Å². The van der Waals surface area contributed by atoms with Crippen LogP contribution >= 0.6 is 0 Å². The Morgan fingerprint density at radius 3 is 2.57 bits per heavy atom. The second-order valence-corrected chi connectivity index (χ2v) is 5.10. The van der Waals surface area contributed by atoms with E-state index in [4.69, 9.17) is 4.74 Å². The second-order valence-electron chi connectivity index (χ2n) is 5.10. The molecule has 1 N–H and O–H groups in total. The van der Waals surface area contributed by atoms with E-state index in [1.54, 1.807) is 0 Å². The lowest BCUT2D eigenvalue weighted by atomic mass is 9.76. The summed E-state index contributed by atoms with van der Waals surface area (Å²) < 4.78 is 56.6. The predicted molar refractivity (Wildman–Crippen MR) is 64.5 cm³/mol. The van der Waals surface area contributed by atoms with Gasteiger partial charge in [-0.15, -0.1) is 0 Å². The lowest BCUT2D eigenvalue weighted by Gasteiger charge is -2.35. The van der Waals surface area contributed by atoms with Gasteiger partial charge in [-0.1, -0.05) is 0 Å². The van der Waals surface area contributed by atoms with Crippen LogP contribution in [0.5, 0.6) is 0 Å². The molecule has 0 radical (unpaired) electrons. The number of ether oxygens (including phenoxy) is 1. The van der Waals surface area contributed by atoms with Crippen molar-refractivity contribution in [2.24, 2.45) is 5.41 Å². The Morgan fingerprint density at radius 1 is 1.33 bits per heavy atom. The summed E-state index contributed by atoms with van der Waals surface area (Å²) in [5, 5.41) is 19.5. The van der Waals surface area contributed by atoms with E-state index in [1.807, 2.05) is 6.07 Å². The van der Waals surface area contributed by atoms with Crippen LogP contribution in [0.4, 0.5) is 17.6 Å². The molecule has 7 heteroatoms. The fraction of sp³-hybridized carbons (Fsp3) is 0.500. The largest absolute Gasteiger partial charge is 0.416 e. The molecule has 0 aliphatic carbocycles. The number of aliphatic hydroxyl groups is 1. The summed E-state index contributed by atoms with van der Waals surface area (Å²) in [7, 11) is 0. The molecule has 1 aromatic carbocycles. The molecular formula is C14H13F4NO2. The van der Waals surface area contributed by atoms with Gasteiger partial charge in [-0.2, -0.15) is 18.4 Å². The number of nitriles is 1. The molecule has 114 valence electrons. The summed E-state index contributed by atoms with van der Waals surface area (Å²) in [5.41, 5.74) is -2.81. The zero-order valence-corrected chi connectivity index (χ0v) is 11.0. The van der Waals surface area contributed by atoms with Crippen LogP contribution in [-0.4, -0.2) is 18.3 Å². The molecule has 0 bridgehead atoms. The van der Waals surface area contributed by atoms with E-state index in [2.05, 4.69) is 0 Å². The SMILES string of the molecule is N#CC1(C(O)c2cc(F)cc(C(F)(F)F)c2)CCCOC1. The van der Waals surface area contributed by atoms with E-state index >= 15 is 0 Å². The van der Waals surface area contributed by atoms with Crippen LogP contribution in [0.25, 0.3) is 0 Å². The van der Waals surface area contributed by atoms with E-state index in [1.165, 1.54) is 0 Å². The highest BCUT2D eigenvalue weighted by Gasteiger charge is 2.42. The van der Waals surface area contributed by atoms with Gasteiger partial charge in [0.1, 0.15) is 11.2 Å². The van der Waals surface area contributed by atoms with Crippen LogP contribution in [0, 0.1) is 22.6 Å². The number of benzene rings is 1. The van der Waals surface area contributed by atoms with Crippen LogP contribution in [-0.2, 0) is 10.9 Å². The van der Waals surface area contributed by atoms with Gasteiger partial charge in [0.15, 0.2) is 0 Å². The Hall–Kier alpha value is -1.65. The lowest BCUT2D eigenvalue weighted by molar-refractivity contribution is -0.138. The summed E-state index contributed by atoms with van der Waals surface area (Å²) in [5.74, 6) is -1.11. The molecule has 1 aliphatic heterocycles. The average Bonchev–Trinajstić information content (AvgIpc) is 2.45. The molecule has 0 saturated carbocycles. The summed E-state index contributed by atoms with van der Waals surface area (Å²) in [6.07, 6.45) is -5.48. The molecule has 2 unspecified atom stereocenters. The van der Waals surface area contributed by atoms with Crippen molar-refractivity contribution in [3.63, 3.8) is 0 Å². The minimum absolute atomic E-state index is 0.0947. The number of halogens is 4. The monoisotopic (exact) mass is 303 g/mol. The Morgan fingerprint density at radius 2 is 2.05 bits per heavy atom. The number of alkyl halides is 3. The van der Waals surface area contributed by atoms with Crippen molar-refractivity contribution in [3.05, 3.63) is 35.1 Å². The Bertz CT molecular complexity index is 559. The zero-order valence-electron chi connectivity index (χ0n) is 11.0. The molecule has 1 saturated heterocycles. The first-order valence-corrected chi connectivity index (χ1v) is 6.33. The zero-order chi connectivity index (χ0) is 15.7. The van der Waals surface area contributed by atoms with Gasteiger partial charge in [0.05, 0.1) is 24.3 Å². The highest BCUT2D eigenvalue weighted by Crippen LogP contribution is 2.42. The van der Waals surface area contributed by atoms with E-state index in [-0.39, 0.29) is 18.6 Å². The molecule has 1 aliphatic rings. The van der Waals surface area contributed by atoms with Gasteiger partial charge < -0.3 is 9.84 Å². The summed E-state index contributed by atoms with van der Waals surface area (Å²) in [6, 6.07) is 3.75. The number of hydrogen-bond donors (Lipinski definition) is 1. The topological polar surface area (TPSA) is 53.2 Å². The maximum absolute atomic E-state index is 13.4. The van der Waals surface area contributed by atoms with Crippen molar-refractivity contribution in [2.75, 3.05) is 13.2 Å². The van der Waals surface area contributed by atoms with Crippen LogP contribution in [0.2, 0.25) is 0 Å². The lowest BCUT2D eigenvalue weighted by Crippen LogP contribution is -2.36. The number of nitrogens with zero attached hydrogens (tertiary/aromatic N) is 1. The molecule has 1 aromatic rings. The quantitative estimate of drug-likeness (QED) is 0.854. The third-order valence-corrected chi connectivity index (χ3v) is 3.58. The predicted octanol–water partition coefficient (Wildman–Crippen LogP) is 3.20. The third kappa shape index (κ3) is 3.17. The first-order valence-electron chi connectivity index (χ1n) is 6.33. The molecular weight excluding hydrogens is 290 g/mol. The van der Waals surface area contributed by atoms with E-state index < -0.39 is 29.1 Å². The average molecular weight is 303 g/mol. The molecule has 1 heterocycles. The van der Waals surface area contributed by atoms with E-state index in [0.717, 1.165) is 6.07 Å². The molecule has 1 fully saturated rings. The van der Waals surface area contributed by atoms with Crippen molar-refractivity contribution >= 4 is 0 Å². The molecule has 0 amide bonds. The van der Waals surface area contributed by atoms with Crippen molar-refractivity contribution < 1.29 is 27.4 Å². The number of aliphatic hydroxyl groups excluding tert-OH is 1. The molecule has 2 atom stereocenters. The summed E-state index contributed by atoms with van der Waals surface area (Å²) in [4.78, 5) is 0. The number of rotatable bonds is 2. The van der Waals surface area contributed by atoms with Crippen LogP contribution in [0.15, 0.2) is 18.2 Å². The minimum atomic E-state index is -4.72. The Kier molecular flexibility index (Phi) is 4.21. The maximum atomic E-state index is 13.4. The maximum Gasteiger partial charge on any atom is 0.416 e. The first kappa shape index (κ1) is 15.7. The fourth-order valence-electron chi connectivity index (χ4n) is 2.43. The van der Waals surface area contributed by atoms with Gasteiger partial charge in [0, 0.05) is 6.61 Å². The van der Waals surface area contributed by atoms with Crippen LogP contribution in [0.1, 0.15) is 30.1 Å². The van der Waals surface area contributed by atoms with E-state index in [0.29, 0.717) is 25.2 Å². The Labute approximate surface area is 118 Å². The molecule has 21 heavy (non-hydrogen) atoms. The van der Waals surface area contributed by atoms with Crippen molar-refractivity contribution in [1.29, 1.82) is 5.26 Å². The van der Waals surface area contributed by atoms with Gasteiger partial charge in [-0.25, -0.2) is 4.39 Å². The smallest absolute Gasteiger partial charge is 0.387 e. The summed E-state index contributed by atoms with van der Waals surface area (Å²) >= 11 is 0. The number of hydrogen-bond acceptors (Lipinski definition) is 3. The first-order chi connectivity index (χ1) is 9.78. The van der Waals surface area contributed by atoms with Gasteiger partial charge in [0.25, 0.3) is 0 Å². The highest BCUT2D eigenvalue weighted by molar-refractivity contribution is 5.31. The molecule has 0 spiro atoms. The fourth-order valence-corrected chi connectivity index (χ4v) is 2.43. The van der Waals surface area contributed by atoms with Crippen LogP contribution < -0.4 is 0 Å². The van der Waals surface area contributed by atoms with Crippen molar-refractivity contribution in [2.45, 2.75) is 25.1 Å². The van der Waals surface area contributed by atoms with Gasteiger partial charge in [0.2, 0.25) is 0 Å². The van der Waals surface area contributed by atoms with E-state index in [9.17, 15) is 27.9 Å². The Balaban J connectivity index is 2.41. The third-order valence-electron chi connectivity index (χ3n) is 3.58. The van der Waals surface area contributed by atoms with Crippen molar-refractivity contribution in [3.8, 4) is 6.07 Å². The molecule has 3 nitrogen and oxygen atoms in total. The molecule has 2 rings (SSSR count). The standard InChI is InChI=1S/C14H13F4NO2/c15-11-5-9(4-10(6-11)14(16,17)18)12(20)13(7-19)2-1-3-21-8-13/h4-6,12,20H,1-3,8H2. The second kappa shape index (κ2) is 5.62. The summed E-state index contributed by atoms with van der Waals surface area (Å²) in [6.45, 7) is 0.329. The minimum Gasteiger partial charge on any atom is -0.387 e. The van der Waals surface area contributed by atoms with Gasteiger partial charge >= 0.3 is 6.18 Å². The normalized spacial score (nSPS) is 24.4. The van der Waals surface area contributed by atoms with Crippen LogP contribution in [0.3, 0.4) is 0 Å². The van der Waals surface area contributed by atoms with Gasteiger partial charge in [-0.05, 0) is 36.6 Å². The van der Waals surface area contributed by atoms with Gasteiger partial charge in [-0.3, -0.25) is 0 Å². The highest BCUT2D eigenvalue weighted by atomic mass is 19.4.